The maximum absolute atomic E-state index is 12.4. The summed E-state index contributed by atoms with van der Waals surface area (Å²) in [7, 11) is 3.89. The summed E-state index contributed by atoms with van der Waals surface area (Å²) in [5.74, 6) is 0.188. The third-order valence-corrected chi connectivity index (χ3v) is 3.43. The fourth-order valence-electron chi connectivity index (χ4n) is 2.27. The molecule has 1 N–H and O–H groups in total. The molecule has 0 saturated carbocycles. The largest absolute Gasteiger partial charge is 0.340 e. The van der Waals surface area contributed by atoms with Gasteiger partial charge in [0.25, 0.3) is 0 Å². The number of benzene rings is 1. The average molecular weight is 247 g/mol. The molecule has 0 aliphatic carbocycles. The zero-order chi connectivity index (χ0) is 13.0. The van der Waals surface area contributed by atoms with Crippen molar-refractivity contribution >= 4 is 5.91 Å². The number of carbonyl (C=O) groups excluding carboxylic acids is 1. The molecule has 1 saturated heterocycles. The zero-order valence-corrected chi connectivity index (χ0v) is 11.1. The van der Waals surface area contributed by atoms with E-state index in [0.717, 1.165) is 19.6 Å². The van der Waals surface area contributed by atoms with E-state index in [2.05, 4.69) is 10.2 Å². The maximum atomic E-state index is 12.4. The quantitative estimate of drug-likeness (QED) is 0.847. The van der Waals surface area contributed by atoms with Gasteiger partial charge < -0.3 is 10.2 Å². The smallest absolute Gasteiger partial charge is 0.241 e. The highest BCUT2D eigenvalue weighted by atomic mass is 16.2. The van der Waals surface area contributed by atoms with Crippen molar-refractivity contribution in [3.8, 4) is 0 Å². The Morgan fingerprint density at radius 3 is 2.83 bits per heavy atom. The molecule has 0 radical (unpaired) electrons. The van der Waals surface area contributed by atoms with Crippen LogP contribution in [0.4, 0.5) is 0 Å². The molecule has 1 aromatic carbocycles. The first-order valence-electron chi connectivity index (χ1n) is 6.38. The Kier molecular flexibility index (Phi) is 4.33. The van der Waals surface area contributed by atoms with Gasteiger partial charge in [0, 0.05) is 33.2 Å². The molecule has 1 aliphatic rings. The van der Waals surface area contributed by atoms with Crippen molar-refractivity contribution in [2.24, 2.45) is 0 Å². The molecule has 1 atom stereocenters. The van der Waals surface area contributed by atoms with Gasteiger partial charge in [0.05, 0.1) is 0 Å². The first kappa shape index (κ1) is 13.1. The second kappa shape index (κ2) is 5.98. The van der Waals surface area contributed by atoms with E-state index in [1.165, 1.54) is 5.56 Å². The lowest BCUT2D eigenvalue weighted by Crippen LogP contribution is -2.56. The van der Waals surface area contributed by atoms with E-state index in [-0.39, 0.29) is 11.9 Å². The molecule has 0 aromatic heterocycles. The van der Waals surface area contributed by atoms with Crippen LogP contribution in [-0.4, -0.2) is 55.5 Å². The number of hydrogen-bond donors (Lipinski definition) is 1. The van der Waals surface area contributed by atoms with Crippen LogP contribution in [0.25, 0.3) is 0 Å². The van der Waals surface area contributed by atoms with Gasteiger partial charge in [-0.05, 0) is 12.6 Å². The minimum absolute atomic E-state index is 0.0348. The number of likely N-dealkylation sites (N-methyl/N-ethyl adjacent to an activating group) is 2. The topological polar surface area (TPSA) is 35.6 Å². The number of amides is 1. The van der Waals surface area contributed by atoms with Gasteiger partial charge in [-0.25, -0.2) is 0 Å². The van der Waals surface area contributed by atoms with Gasteiger partial charge in [-0.15, -0.1) is 0 Å². The summed E-state index contributed by atoms with van der Waals surface area (Å²) in [6.45, 7) is 3.30. The van der Waals surface area contributed by atoms with Gasteiger partial charge in [0.1, 0.15) is 6.04 Å². The number of hydrogen-bond acceptors (Lipinski definition) is 3. The van der Waals surface area contributed by atoms with Gasteiger partial charge in [0.15, 0.2) is 0 Å². The number of rotatable bonds is 3. The number of piperazine rings is 1. The van der Waals surface area contributed by atoms with Gasteiger partial charge in [-0.3, -0.25) is 9.69 Å². The van der Waals surface area contributed by atoms with Crippen molar-refractivity contribution in [3.63, 3.8) is 0 Å². The molecule has 4 heteroatoms. The lowest BCUT2D eigenvalue weighted by Gasteiger charge is -2.34. The number of nitrogens with zero attached hydrogens (tertiary/aromatic N) is 2. The van der Waals surface area contributed by atoms with Crippen molar-refractivity contribution in [1.82, 2.24) is 15.1 Å². The number of carbonyl (C=O) groups is 1. The SMILES string of the molecule is CN(Cc1ccccc1)C(=O)C1CNCCN1C. The molecule has 1 aliphatic heterocycles. The highest BCUT2D eigenvalue weighted by Gasteiger charge is 2.27. The molecule has 1 heterocycles. The molecule has 1 amide bonds. The molecule has 1 fully saturated rings. The van der Waals surface area contributed by atoms with Crippen LogP contribution >= 0.6 is 0 Å². The van der Waals surface area contributed by atoms with Crippen molar-refractivity contribution in [2.75, 3.05) is 33.7 Å². The minimum Gasteiger partial charge on any atom is -0.340 e. The lowest BCUT2D eigenvalue weighted by atomic mass is 10.1. The van der Waals surface area contributed by atoms with E-state index in [0.29, 0.717) is 6.54 Å². The molecule has 98 valence electrons. The van der Waals surface area contributed by atoms with Crippen LogP contribution in [0.1, 0.15) is 5.56 Å². The van der Waals surface area contributed by atoms with Crippen molar-refractivity contribution in [2.45, 2.75) is 12.6 Å². The van der Waals surface area contributed by atoms with Crippen LogP contribution in [0.15, 0.2) is 30.3 Å². The average Bonchev–Trinajstić information content (AvgIpc) is 2.39. The second-order valence-electron chi connectivity index (χ2n) is 4.88. The Balaban J connectivity index is 1.96. The lowest BCUT2D eigenvalue weighted by molar-refractivity contribution is -0.136. The summed E-state index contributed by atoms with van der Waals surface area (Å²) in [6, 6.07) is 10.1. The Labute approximate surface area is 109 Å². The molecular weight excluding hydrogens is 226 g/mol. The van der Waals surface area contributed by atoms with Crippen LogP contribution in [0.5, 0.6) is 0 Å². The minimum atomic E-state index is -0.0348. The Bertz CT molecular complexity index is 393. The van der Waals surface area contributed by atoms with Crippen molar-refractivity contribution in [1.29, 1.82) is 0 Å². The Morgan fingerprint density at radius 1 is 1.44 bits per heavy atom. The fraction of sp³-hybridized carbons (Fsp3) is 0.500. The third kappa shape index (κ3) is 3.09. The van der Waals surface area contributed by atoms with E-state index >= 15 is 0 Å². The van der Waals surface area contributed by atoms with E-state index in [1.54, 1.807) is 0 Å². The summed E-state index contributed by atoms with van der Waals surface area (Å²) in [6.07, 6.45) is 0. The van der Waals surface area contributed by atoms with E-state index in [9.17, 15) is 4.79 Å². The van der Waals surface area contributed by atoms with Crippen molar-refractivity contribution < 1.29 is 4.79 Å². The second-order valence-corrected chi connectivity index (χ2v) is 4.88. The molecule has 4 nitrogen and oxygen atoms in total. The van der Waals surface area contributed by atoms with Crippen LogP contribution < -0.4 is 5.32 Å². The predicted molar refractivity (Wildman–Crippen MR) is 72.2 cm³/mol. The highest BCUT2D eigenvalue weighted by Crippen LogP contribution is 2.08. The Morgan fingerprint density at radius 2 is 2.17 bits per heavy atom. The van der Waals surface area contributed by atoms with Crippen LogP contribution in [-0.2, 0) is 11.3 Å². The summed E-state index contributed by atoms with van der Waals surface area (Å²) < 4.78 is 0. The molecule has 1 aromatic rings. The standard InChI is InChI=1S/C14H21N3O/c1-16-9-8-15-10-13(16)14(18)17(2)11-12-6-4-3-5-7-12/h3-7,13,15H,8-11H2,1-2H3. The molecule has 0 bridgehead atoms. The normalized spacial score (nSPS) is 20.7. The van der Waals surface area contributed by atoms with Gasteiger partial charge in [-0.1, -0.05) is 30.3 Å². The predicted octanol–water partition coefficient (Wildman–Crippen LogP) is 0.549. The molecule has 1 unspecified atom stereocenters. The maximum Gasteiger partial charge on any atom is 0.241 e. The van der Waals surface area contributed by atoms with E-state index in [4.69, 9.17) is 0 Å². The summed E-state index contributed by atoms with van der Waals surface area (Å²) >= 11 is 0. The number of nitrogens with one attached hydrogen (secondary N) is 1. The van der Waals surface area contributed by atoms with Crippen LogP contribution in [0.3, 0.4) is 0 Å². The molecule has 18 heavy (non-hydrogen) atoms. The molecule has 2 rings (SSSR count). The van der Waals surface area contributed by atoms with E-state index in [1.807, 2.05) is 49.3 Å². The zero-order valence-electron chi connectivity index (χ0n) is 11.1. The third-order valence-electron chi connectivity index (χ3n) is 3.43. The highest BCUT2D eigenvalue weighted by molar-refractivity contribution is 5.82. The Hall–Kier alpha value is -1.39. The van der Waals surface area contributed by atoms with Gasteiger partial charge in [-0.2, -0.15) is 0 Å². The van der Waals surface area contributed by atoms with Gasteiger partial charge in [0.2, 0.25) is 5.91 Å². The summed E-state index contributed by atoms with van der Waals surface area (Å²) in [4.78, 5) is 16.3. The molecular formula is C14H21N3O. The van der Waals surface area contributed by atoms with Crippen LogP contribution in [0, 0.1) is 0 Å². The van der Waals surface area contributed by atoms with Crippen LogP contribution in [0.2, 0.25) is 0 Å². The van der Waals surface area contributed by atoms with E-state index < -0.39 is 0 Å². The summed E-state index contributed by atoms with van der Waals surface area (Å²) in [5, 5.41) is 3.28. The molecule has 0 spiro atoms. The first-order valence-corrected chi connectivity index (χ1v) is 6.38. The monoisotopic (exact) mass is 247 g/mol. The van der Waals surface area contributed by atoms with Crippen molar-refractivity contribution in [3.05, 3.63) is 35.9 Å². The van der Waals surface area contributed by atoms with Gasteiger partial charge >= 0.3 is 0 Å². The fourth-order valence-corrected chi connectivity index (χ4v) is 2.27. The first-order chi connectivity index (χ1) is 8.68. The summed E-state index contributed by atoms with van der Waals surface area (Å²) in [5.41, 5.74) is 1.17.